The highest BCUT2D eigenvalue weighted by atomic mass is 35.5. The molecule has 1 unspecified atom stereocenters. The molecule has 9 nitrogen and oxygen atoms in total. The van der Waals surface area contributed by atoms with Gasteiger partial charge in [0.05, 0.1) is 31.4 Å². The minimum absolute atomic E-state index is 0.000746. The summed E-state index contributed by atoms with van der Waals surface area (Å²) in [6.45, 7) is 3.06. The van der Waals surface area contributed by atoms with Crippen molar-refractivity contribution in [1.82, 2.24) is 15.3 Å². The molecule has 3 N–H and O–H groups in total. The molecule has 0 spiro atoms. The molecule has 5 rings (SSSR count). The van der Waals surface area contributed by atoms with Crippen LogP contribution < -0.4 is 10.6 Å². The van der Waals surface area contributed by atoms with Gasteiger partial charge in [-0.25, -0.2) is 13.8 Å². The Morgan fingerprint density at radius 3 is 2.72 bits per heavy atom. The largest absolute Gasteiger partial charge is 0.465 e. The number of anilines is 1. The quantitative estimate of drug-likeness (QED) is 0.246. The highest BCUT2D eigenvalue weighted by Gasteiger charge is 2.26. The van der Waals surface area contributed by atoms with Crippen LogP contribution in [0.4, 0.5) is 14.5 Å². The minimum atomic E-state index is -0.973. The maximum absolute atomic E-state index is 14.5. The third kappa shape index (κ3) is 7.47. The van der Waals surface area contributed by atoms with Crippen LogP contribution in [0.3, 0.4) is 0 Å². The molecular formula is C31H31ClF2N4O5. The SMILES string of the molecule is Cc1cc(F)c(C(=O)N[C@H]2C/C=C/CCC(=O)Nc3cc(CC(=O)OCC4CCOC4)ccc3-c3nc2[nH]c3Cl)c(F)c1. The van der Waals surface area contributed by atoms with Gasteiger partial charge in [0.1, 0.15) is 33.9 Å². The Morgan fingerprint density at radius 2 is 1.98 bits per heavy atom. The van der Waals surface area contributed by atoms with Gasteiger partial charge in [-0.1, -0.05) is 35.9 Å². The molecule has 43 heavy (non-hydrogen) atoms. The van der Waals surface area contributed by atoms with Gasteiger partial charge in [-0.2, -0.15) is 0 Å². The fraction of sp³-hybridized carbons (Fsp3) is 0.355. The van der Waals surface area contributed by atoms with Gasteiger partial charge in [-0.05, 0) is 55.5 Å². The monoisotopic (exact) mass is 612 g/mol. The third-order valence-electron chi connectivity index (χ3n) is 7.27. The van der Waals surface area contributed by atoms with E-state index in [0.717, 1.165) is 18.6 Å². The predicted octanol–water partition coefficient (Wildman–Crippen LogP) is 5.59. The van der Waals surface area contributed by atoms with Crippen LogP contribution in [-0.4, -0.2) is 47.6 Å². The molecule has 2 aliphatic rings. The number of halogens is 3. The molecule has 12 heteroatoms. The first-order chi connectivity index (χ1) is 20.7. The van der Waals surface area contributed by atoms with Crippen molar-refractivity contribution in [3.05, 3.63) is 81.8 Å². The van der Waals surface area contributed by atoms with E-state index in [1.807, 2.05) is 0 Å². The van der Waals surface area contributed by atoms with Gasteiger partial charge >= 0.3 is 5.97 Å². The first-order valence-corrected chi connectivity index (χ1v) is 14.4. The summed E-state index contributed by atoms with van der Waals surface area (Å²) in [5, 5.41) is 5.68. The summed E-state index contributed by atoms with van der Waals surface area (Å²) in [7, 11) is 0. The fourth-order valence-corrected chi connectivity index (χ4v) is 5.27. The maximum atomic E-state index is 14.5. The molecule has 0 radical (unpaired) electrons. The summed E-state index contributed by atoms with van der Waals surface area (Å²) >= 11 is 6.56. The van der Waals surface area contributed by atoms with Gasteiger partial charge in [-0.15, -0.1) is 0 Å². The van der Waals surface area contributed by atoms with E-state index in [9.17, 15) is 23.2 Å². The van der Waals surface area contributed by atoms with Gasteiger partial charge < -0.3 is 25.1 Å². The number of hydrogen-bond donors (Lipinski definition) is 3. The Hall–Kier alpha value is -4.09. The standard InChI is InChI=1S/C31H31ClF2N4O5/c1-17-11-21(33)27(22(34)12-17)31(41)36-23-5-3-2-4-6-25(39)35-24-13-18(14-26(40)43-16-19-9-10-42-15-19)7-8-20(24)28-29(32)38-30(23)37-28/h2-3,7-8,11-13,19,23H,4-6,9-10,14-16H2,1H3,(H,35,39)(H,36,41)(H,37,38)/b3-2+/t19?,23-/m0/s1. The zero-order valence-corrected chi connectivity index (χ0v) is 24.2. The summed E-state index contributed by atoms with van der Waals surface area (Å²) in [5.41, 5.74) is 1.44. The molecule has 2 aliphatic heterocycles. The molecule has 3 aromatic rings. The highest BCUT2D eigenvalue weighted by Crippen LogP contribution is 2.35. The lowest BCUT2D eigenvalue weighted by atomic mass is 10.0. The first kappa shape index (κ1) is 30.4. The number of esters is 1. The zero-order chi connectivity index (χ0) is 30.5. The van der Waals surface area contributed by atoms with E-state index >= 15 is 0 Å². The molecule has 2 bridgehead atoms. The van der Waals surface area contributed by atoms with Crippen molar-refractivity contribution in [3.8, 4) is 11.3 Å². The smallest absolute Gasteiger partial charge is 0.310 e. The lowest BCUT2D eigenvalue weighted by Crippen LogP contribution is -2.30. The zero-order valence-electron chi connectivity index (χ0n) is 23.5. The Labute approximate surface area is 252 Å². The number of allylic oxidation sites excluding steroid dienone is 1. The van der Waals surface area contributed by atoms with Crippen LogP contribution in [0.15, 0.2) is 42.5 Å². The van der Waals surface area contributed by atoms with Crippen LogP contribution in [0.25, 0.3) is 11.3 Å². The number of aromatic amines is 1. The number of imidazole rings is 1. The van der Waals surface area contributed by atoms with E-state index in [1.54, 1.807) is 30.4 Å². The Balaban J connectivity index is 1.42. The third-order valence-corrected chi connectivity index (χ3v) is 7.54. The number of carbonyl (C=O) groups excluding carboxylic acids is 3. The predicted molar refractivity (Wildman–Crippen MR) is 156 cm³/mol. The fourth-order valence-electron chi connectivity index (χ4n) is 5.03. The van der Waals surface area contributed by atoms with Crippen LogP contribution in [0.1, 0.15) is 59.0 Å². The van der Waals surface area contributed by atoms with Crippen molar-refractivity contribution < 1.29 is 32.6 Å². The first-order valence-electron chi connectivity index (χ1n) is 14.0. The second-order valence-electron chi connectivity index (χ2n) is 10.7. The number of H-pyrrole nitrogens is 1. The normalized spacial score (nSPS) is 19.3. The van der Waals surface area contributed by atoms with Gasteiger partial charge in [0.15, 0.2) is 0 Å². The number of nitrogens with zero attached hydrogens (tertiary/aromatic N) is 1. The molecule has 3 heterocycles. The molecule has 0 saturated carbocycles. The number of benzene rings is 2. The molecule has 1 fully saturated rings. The van der Waals surface area contributed by atoms with Gasteiger partial charge in [0.2, 0.25) is 5.91 Å². The van der Waals surface area contributed by atoms with Crippen molar-refractivity contribution in [3.63, 3.8) is 0 Å². The number of carbonyl (C=O) groups is 3. The molecule has 2 aromatic carbocycles. The van der Waals surface area contributed by atoms with E-state index in [0.29, 0.717) is 48.6 Å². The lowest BCUT2D eigenvalue weighted by molar-refractivity contribution is -0.144. The van der Waals surface area contributed by atoms with Crippen LogP contribution in [-0.2, 0) is 25.5 Å². The van der Waals surface area contributed by atoms with Crippen molar-refractivity contribution in [2.24, 2.45) is 5.92 Å². The maximum Gasteiger partial charge on any atom is 0.310 e. The number of nitrogens with one attached hydrogen (secondary N) is 3. The van der Waals surface area contributed by atoms with Crippen molar-refractivity contribution >= 4 is 35.1 Å². The van der Waals surface area contributed by atoms with Gasteiger partial charge in [-0.3, -0.25) is 14.4 Å². The summed E-state index contributed by atoms with van der Waals surface area (Å²) in [4.78, 5) is 45.9. The molecule has 2 amide bonds. The number of ether oxygens (including phenoxy) is 2. The Morgan fingerprint density at radius 1 is 1.19 bits per heavy atom. The Kier molecular flexibility index (Phi) is 9.52. The molecule has 226 valence electrons. The molecule has 1 saturated heterocycles. The van der Waals surface area contributed by atoms with Gasteiger partial charge in [0, 0.05) is 24.5 Å². The van der Waals surface area contributed by atoms with E-state index in [4.69, 9.17) is 21.1 Å². The van der Waals surface area contributed by atoms with E-state index < -0.39 is 35.1 Å². The Bertz CT molecular complexity index is 1540. The van der Waals surface area contributed by atoms with Crippen LogP contribution in [0.2, 0.25) is 5.15 Å². The number of amides is 2. The summed E-state index contributed by atoms with van der Waals surface area (Å²) in [5.74, 6) is -3.09. The summed E-state index contributed by atoms with van der Waals surface area (Å²) in [6, 6.07) is 6.44. The molecule has 2 atom stereocenters. The van der Waals surface area contributed by atoms with Crippen molar-refractivity contribution in [2.75, 3.05) is 25.1 Å². The number of aryl methyl sites for hydroxylation is 1. The minimum Gasteiger partial charge on any atom is -0.465 e. The molecule has 1 aromatic heterocycles. The molecule has 0 aliphatic carbocycles. The summed E-state index contributed by atoms with van der Waals surface area (Å²) in [6.07, 6.45) is 5.17. The van der Waals surface area contributed by atoms with Gasteiger partial charge in [0.25, 0.3) is 5.91 Å². The number of aromatic nitrogens is 2. The average molecular weight is 613 g/mol. The van der Waals surface area contributed by atoms with Crippen LogP contribution in [0.5, 0.6) is 0 Å². The average Bonchev–Trinajstić information content (AvgIpc) is 3.60. The highest BCUT2D eigenvalue weighted by molar-refractivity contribution is 6.32. The number of hydrogen-bond acceptors (Lipinski definition) is 6. The summed E-state index contributed by atoms with van der Waals surface area (Å²) < 4.78 is 39.8. The number of fused-ring (bicyclic) bond motifs is 4. The molecular weight excluding hydrogens is 582 g/mol. The second-order valence-corrected chi connectivity index (χ2v) is 11.1. The van der Waals surface area contributed by atoms with Crippen LogP contribution >= 0.6 is 11.6 Å². The van der Waals surface area contributed by atoms with Crippen molar-refractivity contribution in [1.29, 1.82) is 0 Å². The lowest BCUT2D eigenvalue weighted by Gasteiger charge is -2.16. The van der Waals surface area contributed by atoms with Crippen molar-refractivity contribution in [2.45, 2.75) is 45.1 Å². The van der Waals surface area contributed by atoms with E-state index in [1.165, 1.54) is 6.92 Å². The van der Waals surface area contributed by atoms with E-state index in [-0.39, 0.29) is 47.8 Å². The van der Waals surface area contributed by atoms with Crippen LogP contribution in [0, 0.1) is 24.5 Å². The van der Waals surface area contributed by atoms with E-state index in [2.05, 4.69) is 20.6 Å². The second kappa shape index (κ2) is 13.5. The number of rotatable bonds is 6. The topological polar surface area (TPSA) is 122 Å².